The average Bonchev–Trinajstić information content (AvgIpc) is 2.27. The summed E-state index contributed by atoms with van der Waals surface area (Å²) in [6.45, 7) is 5.17. The Morgan fingerprint density at radius 1 is 1.50 bits per heavy atom. The number of nitro groups is 1. The molecular weight excluding hydrogens is 236 g/mol. The number of hydrogen-bond donors (Lipinski definition) is 3. The summed E-state index contributed by atoms with van der Waals surface area (Å²) in [4.78, 5) is 14.3. The molecule has 0 radical (unpaired) electrons. The first-order valence-electron chi connectivity index (χ1n) is 5.75. The van der Waals surface area contributed by atoms with Gasteiger partial charge in [-0.15, -0.1) is 0 Å². The van der Waals surface area contributed by atoms with Crippen molar-refractivity contribution in [3.8, 4) is 0 Å². The molecule has 0 saturated carbocycles. The summed E-state index contributed by atoms with van der Waals surface area (Å²) in [7, 11) is 0. The number of aliphatic hydroxyl groups excluding tert-OH is 1. The first kappa shape index (κ1) is 14.3. The third-order valence-electron chi connectivity index (χ3n) is 2.30. The highest BCUT2D eigenvalue weighted by molar-refractivity contribution is 5.44. The molecule has 0 spiro atoms. The van der Waals surface area contributed by atoms with Crippen molar-refractivity contribution in [2.75, 3.05) is 25.0 Å². The number of aromatic nitrogens is 1. The standard InChI is InChI=1S/C11H18N4O3/c1-8(16)7-12-5-6-13-11-4-3-10(15(17)18)9(2)14-11/h3-4,8,12,16H,5-7H2,1-2H3,(H,13,14). The monoisotopic (exact) mass is 254 g/mol. The van der Waals surface area contributed by atoms with Crippen LogP contribution in [0.25, 0.3) is 0 Å². The zero-order valence-corrected chi connectivity index (χ0v) is 10.5. The number of nitrogens with zero attached hydrogens (tertiary/aromatic N) is 2. The van der Waals surface area contributed by atoms with Gasteiger partial charge in [0.15, 0.2) is 0 Å². The summed E-state index contributed by atoms with van der Waals surface area (Å²) in [5, 5.41) is 25.7. The molecule has 1 rings (SSSR count). The summed E-state index contributed by atoms with van der Waals surface area (Å²) < 4.78 is 0. The van der Waals surface area contributed by atoms with E-state index in [-0.39, 0.29) is 11.8 Å². The van der Waals surface area contributed by atoms with Gasteiger partial charge in [-0.3, -0.25) is 10.1 Å². The van der Waals surface area contributed by atoms with Gasteiger partial charge in [0, 0.05) is 25.7 Å². The van der Waals surface area contributed by atoms with Gasteiger partial charge in [0.05, 0.1) is 11.0 Å². The molecule has 1 heterocycles. The fourth-order valence-corrected chi connectivity index (χ4v) is 1.44. The highest BCUT2D eigenvalue weighted by Crippen LogP contribution is 2.17. The molecule has 0 bridgehead atoms. The lowest BCUT2D eigenvalue weighted by atomic mass is 10.3. The van der Waals surface area contributed by atoms with Gasteiger partial charge in [0.1, 0.15) is 11.5 Å². The molecule has 7 nitrogen and oxygen atoms in total. The van der Waals surface area contributed by atoms with Crippen molar-refractivity contribution < 1.29 is 10.0 Å². The average molecular weight is 254 g/mol. The lowest BCUT2D eigenvalue weighted by molar-refractivity contribution is -0.385. The fraction of sp³-hybridized carbons (Fsp3) is 0.545. The second-order valence-electron chi connectivity index (χ2n) is 4.04. The van der Waals surface area contributed by atoms with Crippen LogP contribution in [0.5, 0.6) is 0 Å². The van der Waals surface area contributed by atoms with Gasteiger partial charge in [0.25, 0.3) is 5.69 Å². The molecule has 0 amide bonds. The number of pyridine rings is 1. The summed E-state index contributed by atoms with van der Waals surface area (Å²) in [6.07, 6.45) is -0.371. The summed E-state index contributed by atoms with van der Waals surface area (Å²) in [6, 6.07) is 3.02. The highest BCUT2D eigenvalue weighted by Gasteiger charge is 2.11. The van der Waals surface area contributed by atoms with E-state index >= 15 is 0 Å². The predicted octanol–water partition coefficient (Wildman–Crippen LogP) is 0.681. The van der Waals surface area contributed by atoms with Crippen molar-refractivity contribution in [1.29, 1.82) is 0 Å². The van der Waals surface area contributed by atoms with Crippen molar-refractivity contribution in [2.45, 2.75) is 20.0 Å². The molecule has 0 fully saturated rings. The quantitative estimate of drug-likeness (QED) is 0.376. The van der Waals surface area contributed by atoms with E-state index in [1.165, 1.54) is 6.07 Å². The van der Waals surface area contributed by atoms with E-state index < -0.39 is 4.92 Å². The van der Waals surface area contributed by atoms with Gasteiger partial charge < -0.3 is 15.7 Å². The Bertz CT molecular complexity index is 409. The first-order valence-corrected chi connectivity index (χ1v) is 5.75. The Morgan fingerprint density at radius 3 is 2.78 bits per heavy atom. The van der Waals surface area contributed by atoms with E-state index in [0.29, 0.717) is 31.1 Å². The minimum atomic E-state index is -0.448. The third kappa shape index (κ3) is 4.64. The fourth-order valence-electron chi connectivity index (χ4n) is 1.44. The summed E-state index contributed by atoms with van der Waals surface area (Å²) >= 11 is 0. The third-order valence-corrected chi connectivity index (χ3v) is 2.30. The smallest absolute Gasteiger partial charge is 0.290 e. The van der Waals surface area contributed by atoms with E-state index in [9.17, 15) is 10.1 Å². The molecular formula is C11H18N4O3. The number of rotatable bonds is 7. The lowest BCUT2D eigenvalue weighted by Crippen LogP contribution is -2.29. The number of aryl methyl sites for hydroxylation is 1. The van der Waals surface area contributed by atoms with Crippen LogP contribution in [0.1, 0.15) is 12.6 Å². The normalized spacial score (nSPS) is 12.2. The second-order valence-corrected chi connectivity index (χ2v) is 4.04. The van der Waals surface area contributed by atoms with Crippen LogP contribution in [0, 0.1) is 17.0 Å². The van der Waals surface area contributed by atoms with Gasteiger partial charge in [-0.05, 0) is 19.9 Å². The molecule has 1 aromatic rings. The molecule has 3 N–H and O–H groups in total. The molecule has 7 heteroatoms. The number of anilines is 1. The topological polar surface area (TPSA) is 100 Å². The van der Waals surface area contributed by atoms with Crippen molar-refractivity contribution in [1.82, 2.24) is 10.3 Å². The molecule has 100 valence electrons. The Hall–Kier alpha value is -1.73. The van der Waals surface area contributed by atoms with Crippen LogP contribution in [-0.4, -0.2) is 40.8 Å². The molecule has 0 saturated heterocycles. The molecule has 1 aromatic heterocycles. The van der Waals surface area contributed by atoms with Gasteiger partial charge in [-0.1, -0.05) is 0 Å². The van der Waals surface area contributed by atoms with Crippen molar-refractivity contribution in [3.63, 3.8) is 0 Å². The maximum atomic E-state index is 10.6. The van der Waals surface area contributed by atoms with Gasteiger partial charge in [-0.2, -0.15) is 0 Å². The molecule has 18 heavy (non-hydrogen) atoms. The second kappa shape index (κ2) is 6.87. The minimum absolute atomic E-state index is 0.0211. The molecule has 0 aromatic carbocycles. The van der Waals surface area contributed by atoms with Crippen LogP contribution in [0.2, 0.25) is 0 Å². The first-order chi connectivity index (χ1) is 8.50. The van der Waals surface area contributed by atoms with Gasteiger partial charge in [-0.25, -0.2) is 4.98 Å². The summed E-state index contributed by atoms with van der Waals surface area (Å²) in [5.74, 6) is 0.608. The van der Waals surface area contributed by atoms with Crippen LogP contribution in [0.3, 0.4) is 0 Å². The largest absolute Gasteiger partial charge is 0.392 e. The number of hydrogen-bond acceptors (Lipinski definition) is 6. The Labute approximate surface area is 105 Å². The number of aliphatic hydroxyl groups is 1. The van der Waals surface area contributed by atoms with Gasteiger partial charge >= 0.3 is 0 Å². The zero-order chi connectivity index (χ0) is 13.5. The van der Waals surface area contributed by atoms with Crippen LogP contribution in [0.4, 0.5) is 11.5 Å². The molecule has 0 aliphatic heterocycles. The van der Waals surface area contributed by atoms with E-state index in [4.69, 9.17) is 5.11 Å². The minimum Gasteiger partial charge on any atom is -0.392 e. The highest BCUT2D eigenvalue weighted by atomic mass is 16.6. The molecule has 0 aliphatic rings. The van der Waals surface area contributed by atoms with Crippen LogP contribution < -0.4 is 10.6 Å². The van der Waals surface area contributed by atoms with Crippen LogP contribution in [0.15, 0.2) is 12.1 Å². The maximum absolute atomic E-state index is 10.6. The maximum Gasteiger partial charge on any atom is 0.290 e. The Balaban J connectivity index is 2.39. The Morgan fingerprint density at radius 2 is 2.22 bits per heavy atom. The van der Waals surface area contributed by atoms with Crippen LogP contribution >= 0.6 is 0 Å². The molecule has 0 aliphatic carbocycles. The molecule has 1 unspecified atom stereocenters. The van der Waals surface area contributed by atoms with Crippen molar-refractivity contribution in [3.05, 3.63) is 27.9 Å². The van der Waals surface area contributed by atoms with E-state index in [1.54, 1.807) is 19.9 Å². The zero-order valence-electron chi connectivity index (χ0n) is 10.5. The van der Waals surface area contributed by atoms with E-state index in [1.807, 2.05) is 0 Å². The summed E-state index contributed by atoms with van der Waals surface area (Å²) in [5.41, 5.74) is 0.412. The van der Waals surface area contributed by atoms with E-state index in [0.717, 1.165) is 0 Å². The predicted molar refractivity (Wildman–Crippen MR) is 68.7 cm³/mol. The van der Waals surface area contributed by atoms with Crippen molar-refractivity contribution >= 4 is 11.5 Å². The Kier molecular flexibility index (Phi) is 5.47. The molecule has 1 atom stereocenters. The van der Waals surface area contributed by atoms with E-state index in [2.05, 4.69) is 15.6 Å². The van der Waals surface area contributed by atoms with Crippen LogP contribution in [-0.2, 0) is 0 Å². The number of nitrogens with one attached hydrogen (secondary N) is 2. The lowest BCUT2D eigenvalue weighted by Gasteiger charge is -2.08. The van der Waals surface area contributed by atoms with Crippen molar-refractivity contribution in [2.24, 2.45) is 0 Å². The van der Waals surface area contributed by atoms with Gasteiger partial charge in [0.2, 0.25) is 0 Å². The SMILES string of the molecule is Cc1nc(NCCNCC(C)O)ccc1[N+](=O)[O-].